The highest BCUT2D eigenvalue weighted by Gasteiger charge is 2.33. The summed E-state index contributed by atoms with van der Waals surface area (Å²) in [5.41, 5.74) is 7.54. The van der Waals surface area contributed by atoms with Crippen LogP contribution >= 0.6 is 25.7 Å². The molecule has 12 nitrogen and oxygen atoms in total. The highest BCUT2D eigenvalue weighted by atomic mass is 32.1. The van der Waals surface area contributed by atoms with Crippen molar-refractivity contribution in [2.75, 3.05) is 98.4 Å². The van der Waals surface area contributed by atoms with E-state index in [9.17, 15) is 18.4 Å². The minimum atomic E-state index is -0.482. The molecule has 0 bridgehead atoms. The second-order valence-electron chi connectivity index (χ2n) is 10.9. The molecule has 0 aromatic heterocycles. The van der Waals surface area contributed by atoms with Crippen molar-refractivity contribution >= 4 is 65.6 Å². The van der Waals surface area contributed by atoms with Gasteiger partial charge in [-0.1, -0.05) is 19.6 Å². The van der Waals surface area contributed by atoms with Crippen molar-refractivity contribution in [1.29, 1.82) is 0 Å². The molecule has 0 unspecified atom stereocenters. The first-order valence-corrected chi connectivity index (χ1v) is 15.3. The third-order valence-corrected chi connectivity index (χ3v) is 7.92. The predicted molar refractivity (Wildman–Crippen MR) is 187 cm³/mol. The fourth-order valence-electron chi connectivity index (χ4n) is 5.40. The lowest BCUT2D eigenvalue weighted by Gasteiger charge is -2.29. The maximum atomic E-state index is 14.5. The predicted octanol–water partition coefficient (Wildman–Crippen LogP) is 3.62. The van der Waals surface area contributed by atoms with Gasteiger partial charge in [0.05, 0.1) is 73.8 Å². The Labute approximate surface area is 286 Å². The average molecular weight is 699 g/mol. The summed E-state index contributed by atoms with van der Waals surface area (Å²) in [4.78, 5) is 31.1. The molecule has 0 aliphatic carbocycles. The molecule has 2 aromatic carbocycles. The number of thiocarbonyl (C=S) groups is 1. The second kappa shape index (κ2) is 17.6. The Hall–Kier alpha value is -3.44. The van der Waals surface area contributed by atoms with Gasteiger partial charge in [-0.15, -0.1) is 0 Å². The van der Waals surface area contributed by atoms with Crippen LogP contribution in [0.4, 0.5) is 41.1 Å². The molecule has 4 saturated heterocycles. The van der Waals surface area contributed by atoms with E-state index in [1.165, 1.54) is 21.9 Å². The number of halogens is 2. The number of hydrogen-bond acceptors (Lipinski definition) is 10. The van der Waals surface area contributed by atoms with Gasteiger partial charge in [0.2, 0.25) is 0 Å². The summed E-state index contributed by atoms with van der Waals surface area (Å²) in [6.07, 6.45) is -1.59. The van der Waals surface area contributed by atoms with Gasteiger partial charge >= 0.3 is 12.2 Å². The lowest BCUT2D eigenvalue weighted by atomic mass is 10.2. The zero-order valence-electron chi connectivity index (χ0n) is 25.6. The van der Waals surface area contributed by atoms with Crippen molar-refractivity contribution in [2.45, 2.75) is 26.6 Å². The van der Waals surface area contributed by atoms with Crippen LogP contribution in [0.3, 0.4) is 0 Å². The Balaban J connectivity index is 0.000000247. The molecule has 16 heteroatoms. The van der Waals surface area contributed by atoms with E-state index >= 15 is 0 Å². The van der Waals surface area contributed by atoms with Crippen LogP contribution < -0.4 is 30.7 Å². The standard InChI is InChI=1S/C16H20FN3O3S.C14H18FN3O3.CH4.H2S/c1-11(24)18-9-13-10-20(16(21)23-13)12-2-3-15(14(17)8-12)19-4-6-22-7-5-19;15-12-7-10(18-9-11(8-16)21-14(18)19)1-2-13(12)17-3-5-20-6-4-17;;/h2-3,8,13H,4-7,9-10H2,1H3,(H,18,24);1-2,7,11H,3-6,8-9,16H2;1H4;1H2/t13-;11-;;/m00../s1. The van der Waals surface area contributed by atoms with Gasteiger partial charge in [0, 0.05) is 32.7 Å². The van der Waals surface area contributed by atoms with Crippen LogP contribution in [0, 0.1) is 11.6 Å². The van der Waals surface area contributed by atoms with Crippen LogP contribution in [0.1, 0.15) is 14.4 Å². The fourth-order valence-corrected chi connectivity index (χ4v) is 5.48. The highest BCUT2D eigenvalue weighted by molar-refractivity contribution is 7.80. The van der Waals surface area contributed by atoms with E-state index in [-0.39, 0.29) is 51.3 Å². The minimum absolute atomic E-state index is 0. The second-order valence-corrected chi connectivity index (χ2v) is 11.5. The van der Waals surface area contributed by atoms with Crippen molar-refractivity contribution < 1.29 is 37.3 Å². The Morgan fingerprint density at radius 2 is 1.26 bits per heavy atom. The number of ether oxygens (including phenoxy) is 4. The van der Waals surface area contributed by atoms with Gasteiger partial charge in [-0.05, 0) is 43.3 Å². The Bertz CT molecular complexity index is 1380. The molecule has 4 heterocycles. The van der Waals surface area contributed by atoms with Gasteiger partial charge in [-0.2, -0.15) is 13.5 Å². The average Bonchev–Trinajstić information content (AvgIpc) is 3.62. The maximum absolute atomic E-state index is 14.5. The molecule has 2 amide bonds. The first kappa shape index (κ1) is 38.0. The Morgan fingerprint density at radius 1 is 0.830 bits per heavy atom. The van der Waals surface area contributed by atoms with Gasteiger partial charge in [0.15, 0.2) is 0 Å². The third-order valence-electron chi connectivity index (χ3n) is 7.78. The summed E-state index contributed by atoms with van der Waals surface area (Å²) in [7, 11) is 0. The van der Waals surface area contributed by atoms with Crippen LogP contribution in [0.5, 0.6) is 0 Å². The molecule has 6 rings (SSSR count). The summed E-state index contributed by atoms with van der Waals surface area (Å²) in [6, 6.07) is 9.62. The summed E-state index contributed by atoms with van der Waals surface area (Å²) < 4.78 is 49.7. The molecule has 260 valence electrons. The quantitative estimate of drug-likeness (QED) is 0.413. The lowest BCUT2D eigenvalue weighted by Crippen LogP contribution is -2.36. The first-order chi connectivity index (χ1) is 21.7. The monoisotopic (exact) mass is 698 g/mol. The van der Waals surface area contributed by atoms with Gasteiger partial charge < -0.3 is 39.8 Å². The molecule has 3 N–H and O–H groups in total. The third kappa shape index (κ3) is 9.56. The smallest absolute Gasteiger partial charge is 0.414 e. The van der Waals surface area contributed by atoms with E-state index in [1.54, 1.807) is 31.2 Å². The number of carbonyl (C=O) groups excluding carboxylic acids is 2. The number of nitrogens with two attached hydrogens (primary N) is 1. The molecular formula is C31H44F2N6O6S2. The van der Waals surface area contributed by atoms with Crippen molar-refractivity contribution in [3.05, 3.63) is 48.0 Å². The first-order valence-electron chi connectivity index (χ1n) is 14.9. The molecule has 4 aliphatic rings. The molecule has 0 radical (unpaired) electrons. The zero-order valence-corrected chi connectivity index (χ0v) is 27.4. The summed E-state index contributed by atoms with van der Waals surface area (Å²) in [5, 5.41) is 2.98. The fraction of sp³-hybridized carbons (Fsp3) is 0.516. The number of cyclic esters (lactones) is 2. The largest absolute Gasteiger partial charge is 0.443 e. The van der Waals surface area contributed by atoms with Crippen LogP contribution in [-0.4, -0.2) is 108 Å². The Morgan fingerprint density at radius 3 is 1.64 bits per heavy atom. The summed E-state index contributed by atoms with van der Waals surface area (Å²) >= 11 is 4.95. The van der Waals surface area contributed by atoms with E-state index < -0.39 is 12.2 Å². The van der Waals surface area contributed by atoms with E-state index in [0.717, 1.165) is 0 Å². The summed E-state index contributed by atoms with van der Waals surface area (Å²) in [5.74, 6) is -0.697. The van der Waals surface area contributed by atoms with Crippen LogP contribution in [0.2, 0.25) is 0 Å². The van der Waals surface area contributed by atoms with Gasteiger partial charge in [-0.3, -0.25) is 9.80 Å². The zero-order chi connectivity index (χ0) is 31.9. The number of nitrogens with one attached hydrogen (secondary N) is 1. The van der Waals surface area contributed by atoms with Crippen molar-refractivity contribution in [3.8, 4) is 0 Å². The molecule has 0 spiro atoms. The number of morpholine rings is 2. The molecule has 2 atom stereocenters. The van der Waals surface area contributed by atoms with Gasteiger partial charge in [0.25, 0.3) is 0 Å². The number of anilines is 4. The highest BCUT2D eigenvalue weighted by Crippen LogP contribution is 2.29. The molecule has 4 aliphatic heterocycles. The molecule has 47 heavy (non-hydrogen) atoms. The minimum Gasteiger partial charge on any atom is -0.443 e. The van der Waals surface area contributed by atoms with E-state index in [2.05, 4.69) is 5.32 Å². The number of amides is 2. The topological polar surface area (TPSA) is 122 Å². The SMILES string of the molecule is C.CC(=S)NC[C@H]1CN(c2ccc(N3CCOCC3)c(F)c2)C(=O)O1.NC[C@H]1CN(c2ccc(N3CCOCC3)c(F)c2)C(=O)O1.S. The normalized spacial score (nSPS) is 20.8. The molecule has 4 fully saturated rings. The molecular weight excluding hydrogens is 655 g/mol. The number of carbonyl (C=O) groups is 2. The van der Waals surface area contributed by atoms with Gasteiger partial charge in [-0.25, -0.2) is 18.4 Å². The van der Waals surface area contributed by atoms with Crippen LogP contribution in [-0.2, 0) is 18.9 Å². The molecule has 0 saturated carbocycles. The van der Waals surface area contributed by atoms with E-state index in [1.807, 2.05) is 9.80 Å². The van der Waals surface area contributed by atoms with Crippen molar-refractivity contribution in [2.24, 2.45) is 5.73 Å². The number of rotatable bonds is 7. The lowest BCUT2D eigenvalue weighted by molar-refractivity contribution is 0.122. The van der Waals surface area contributed by atoms with Crippen molar-refractivity contribution in [1.82, 2.24) is 5.32 Å². The van der Waals surface area contributed by atoms with E-state index in [0.29, 0.717) is 100.0 Å². The number of nitrogens with zero attached hydrogens (tertiary/aromatic N) is 4. The maximum Gasteiger partial charge on any atom is 0.414 e. The van der Waals surface area contributed by atoms with Gasteiger partial charge in [0.1, 0.15) is 23.8 Å². The number of benzene rings is 2. The number of hydrogen-bond donors (Lipinski definition) is 2. The summed E-state index contributed by atoms with van der Waals surface area (Å²) in [6.45, 7) is 8.22. The van der Waals surface area contributed by atoms with Crippen LogP contribution in [0.25, 0.3) is 0 Å². The Kier molecular flexibility index (Phi) is 14.3. The van der Waals surface area contributed by atoms with Crippen LogP contribution in [0.15, 0.2) is 36.4 Å². The van der Waals surface area contributed by atoms with E-state index in [4.69, 9.17) is 36.9 Å². The molecule has 2 aromatic rings. The van der Waals surface area contributed by atoms with Crippen molar-refractivity contribution in [3.63, 3.8) is 0 Å².